The third-order valence-corrected chi connectivity index (χ3v) is 7.10. The molecule has 0 spiro atoms. The molecule has 0 heterocycles. The average Bonchev–Trinajstić information content (AvgIpc) is 2.82. The molecule has 0 aromatic rings. The summed E-state index contributed by atoms with van der Waals surface area (Å²) in [6.07, 6.45) is -1.07. The Balaban J connectivity index is -0.000000285. The third-order valence-electron chi connectivity index (χ3n) is 7.10. The summed E-state index contributed by atoms with van der Waals surface area (Å²) in [5, 5.41) is 32.0. The number of hydrogen-bond acceptors (Lipinski definition) is 12. The van der Waals surface area contributed by atoms with Crippen molar-refractivity contribution in [1.29, 1.82) is 0 Å². The van der Waals surface area contributed by atoms with E-state index in [4.69, 9.17) is 0 Å². The number of carboxylic acid groups (broad SMARTS) is 3. The van der Waals surface area contributed by atoms with Crippen LogP contribution in [0.5, 0.6) is 0 Å². The van der Waals surface area contributed by atoms with Crippen molar-refractivity contribution < 1.29 is 94.1 Å². The van der Waals surface area contributed by atoms with E-state index in [-0.39, 0.29) is 72.2 Å². The first-order valence-corrected chi connectivity index (χ1v) is 14.3. The van der Waals surface area contributed by atoms with E-state index in [1.54, 1.807) is 62.3 Å². The van der Waals surface area contributed by atoms with Gasteiger partial charge in [-0.3, -0.25) is 28.8 Å². The van der Waals surface area contributed by atoms with Crippen LogP contribution in [-0.4, -0.2) is 52.6 Å². The first kappa shape index (κ1) is 50.5. The van der Waals surface area contributed by atoms with Crippen LogP contribution < -0.4 is 15.3 Å². The van der Waals surface area contributed by atoms with Crippen LogP contribution in [0.3, 0.4) is 0 Å². The van der Waals surface area contributed by atoms with E-state index in [1.807, 2.05) is 0 Å². The minimum atomic E-state index is -1.60. The molecule has 0 unspecified atom stereocenters. The molecule has 0 aliphatic rings. The number of ketones is 6. The molecule has 0 fully saturated rings. The summed E-state index contributed by atoms with van der Waals surface area (Å²) in [4.78, 5) is 101. The second-order valence-electron chi connectivity index (χ2n) is 15.6. The van der Waals surface area contributed by atoms with Crippen molar-refractivity contribution in [1.82, 2.24) is 0 Å². The molecule has 0 aliphatic heterocycles. The Morgan fingerprint density at radius 1 is 0.326 bits per heavy atom. The minimum Gasteiger partial charge on any atom is -0.549 e. The van der Waals surface area contributed by atoms with Crippen molar-refractivity contribution in [2.45, 2.75) is 123 Å². The fourth-order valence-corrected chi connectivity index (χ4v) is 2.24. The standard InChI is InChI=1S/3C11H18O4.La/c3*1-10(2,3)7(12)6-8(13)11(4,5)9(14)15;/h3*6H2,1-5H3,(H,14,15);/q;;;+3/p-3. The van der Waals surface area contributed by atoms with Crippen LogP contribution in [0.15, 0.2) is 0 Å². The van der Waals surface area contributed by atoms with Gasteiger partial charge in [-0.1, -0.05) is 62.3 Å². The van der Waals surface area contributed by atoms with Crippen LogP contribution >= 0.6 is 0 Å². The second kappa shape index (κ2) is 18.2. The summed E-state index contributed by atoms with van der Waals surface area (Å²) in [7, 11) is 0. The van der Waals surface area contributed by atoms with Gasteiger partial charge < -0.3 is 29.7 Å². The predicted octanol–water partition coefficient (Wildman–Crippen LogP) is 1.01. The Morgan fingerprint density at radius 3 is 0.543 bits per heavy atom. The molecule has 12 nitrogen and oxygen atoms in total. The molecule has 0 N–H and O–H groups in total. The van der Waals surface area contributed by atoms with Crippen LogP contribution in [0.1, 0.15) is 123 Å². The van der Waals surface area contributed by atoms with Gasteiger partial charge in [0.05, 0.1) is 53.4 Å². The maximum atomic E-state index is 11.5. The summed E-state index contributed by atoms with van der Waals surface area (Å²) in [5.74, 6) is -6.96. The molecule has 0 amide bonds. The van der Waals surface area contributed by atoms with Gasteiger partial charge >= 0.3 is 35.6 Å². The molecule has 0 aromatic heterocycles. The Bertz CT molecular complexity index is 1040. The molecule has 0 aromatic carbocycles. The fourth-order valence-electron chi connectivity index (χ4n) is 2.24. The summed E-state index contributed by atoms with van der Waals surface area (Å²) in [6.45, 7) is 22.7. The van der Waals surface area contributed by atoms with Crippen molar-refractivity contribution in [2.75, 3.05) is 0 Å². The summed E-state index contributed by atoms with van der Waals surface area (Å²) >= 11 is 0. The van der Waals surface area contributed by atoms with Crippen LogP contribution in [0.25, 0.3) is 0 Å². The summed E-state index contributed by atoms with van der Waals surface area (Å²) in [5.41, 5.74) is -6.67. The predicted molar refractivity (Wildman–Crippen MR) is 159 cm³/mol. The molecule has 0 atom stereocenters. The smallest absolute Gasteiger partial charge is 0.549 e. The molecule has 0 saturated carbocycles. The maximum Gasteiger partial charge on any atom is 3.00 e. The quantitative estimate of drug-likeness (QED) is 0.253. The van der Waals surface area contributed by atoms with Crippen molar-refractivity contribution in [3.05, 3.63) is 0 Å². The number of hydrogen-bond donors (Lipinski definition) is 0. The largest absolute Gasteiger partial charge is 3.00 e. The minimum absolute atomic E-state index is 0. The Morgan fingerprint density at radius 2 is 0.457 bits per heavy atom. The van der Waals surface area contributed by atoms with Gasteiger partial charge in [-0.15, -0.1) is 0 Å². The number of Topliss-reactive ketones (excluding diaryl/α,β-unsaturated/α-hetero) is 6. The topological polar surface area (TPSA) is 223 Å². The Hall–Kier alpha value is -2.38. The van der Waals surface area contributed by atoms with E-state index in [9.17, 15) is 58.5 Å². The van der Waals surface area contributed by atoms with Gasteiger partial charge in [-0.25, -0.2) is 0 Å². The zero-order valence-corrected chi connectivity index (χ0v) is 33.7. The number of rotatable bonds is 12. The van der Waals surface area contributed by atoms with Gasteiger partial charge in [-0.2, -0.15) is 0 Å². The zero-order chi connectivity index (χ0) is 37.3. The Labute approximate surface area is 300 Å². The maximum absolute atomic E-state index is 11.5. The van der Waals surface area contributed by atoms with Crippen LogP contribution in [0.4, 0.5) is 0 Å². The van der Waals surface area contributed by atoms with Gasteiger partial charge in [0.1, 0.15) is 17.3 Å². The molecular formula is C33H51LaO12. The van der Waals surface area contributed by atoms with Gasteiger partial charge in [-0.05, 0) is 41.5 Å². The molecular weight excluding hydrogens is 727 g/mol. The van der Waals surface area contributed by atoms with Crippen molar-refractivity contribution in [2.24, 2.45) is 32.5 Å². The van der Waals surface area contributed by atoms with E-state index in [0.29, 0.717) is 0 Å². The summed E-state index contributed by atoms with van der Waals surface area (Å²) < 4.78 is 0. The first-order chi connectivity index (χ1) is 19.5. The van der Waals surface area contributed by atoms with E-state index >= 15 is 0 Å². The van der Waals surface area contributed by atoms with E-state index in [2.05, 4.69) is 0 Å². The van der Waals surface area contributed by atoms with Crippen LogP contribution in [0.2, 0.25) is 0 Å². The zero-order valence-electron chi connectivity index (χ0n) is 30.1. The van der Waals surface area contributed by atoms with Crippen LogP contribution in [-0.2, 0) is 43.2 Å². The third kappa shape index (κ3) is 17.0. The molecule has 0 saturated heterocycles. The monoisotopic (exact) mass is 778 g/mol. The van der Waals surface area contributed by atoms with Gasteiger partial charge in [0, 0.05) is 16.2 Å². The van der Waals surface area contributed by atoms with Gasteiger partial charge in [0.25, 0.3) is 0 Å². The van der Waals surface area contributed by atoms with Crippen molar-refractivity contribution >= 4 is 52.6 Å². The molecule has 0 bridgehead atoms. The molecule has 0 rings (SSSR count). The number of aliphatic carboxylic acids is 3. The van der Waals surface area contributed by atoms with Crippen molar-refractivity contribution in [3.63, 3.8) is 0 Å². The normalized spacial score (nSPS) is 12.1. The van der Waals surface area contributed by atoms with Gasteiger partial charge in [0.2, 0.25) is 0 Å². The Kier molecular flexibility index (Phi) is 20.0. The van der Waals surface area contributed by atoms with Crippen molar-refractivity contribution in [3.8, 4) is 0 Å². The second-order valence-corrected chi connectivity index (χ2v) is 15.6. The molecule has 258 valence electrons. The fraction of sp³-hybridized carbons (Fsp3) is 0.727. The van der Waals surface area contributed by atoms with Crippen LogP contribution in [0, 0.1) is 68.1 Å². The number of carbonyl (C=O) groups is 9. The summed E-state index contributed by atoms with van der Waals surface area (Å²) in [6, 6.07) is 0. The number of carbonyl (C=O) groups excluding carboxylic acids is 9. The molecule has 46 heavy (non-hydrogen) atoms. The SMILES string of the molecule is CC(C)(C)C(=O)CC(=O)C(C)(C)C(=O)[O-].CC(C)(C)C(=O)CC(=O)C(C)(C)C(=O)[O-].CC(C)(C)C(=O)CC(=O)C(C)(C)C(=O)[O-].[La+3]. The van der Waals surface area contributed by atoms with E-state index < -0.39 is 67.7 Å². The average molecular weight is 779 g/mol. The molecule has 13 heteroatoms. The van der Waals surface area contributed by atoms with E-state index in [1.165, 1.54) is 41.5 Å². The first-order valence-electron chi connectivity index (χ1n) is 14.3. The molecule has 0 radical (unpaired) electrons. The number of carboxylic acids is 3. The van der Waals surface area contributed by atoms with E-state index in [0.717, 1.165) is 0 Å². The van der Waals surface area contributed by atoms with Gasteiger partial charge in [0.15, 0.2) is 17.3 Å². The molecule has 0 aliphatic carbocycles.